The third-order valence-corrected chi connectivity index (χ3v) is 4.60. The minimum Gasteiger partial charge on any atom is -0.457 e. The fourth-order valence-electron chi connectivity index (χ4n) is 2.95. The van der Waals surface area contributed by atoms with Crippen molar-refractivity contribution in [3.05, 3.63) is 53.3 Å². The van der Waals surface area contributed by atoms with E-state index in [1.165, 1.54) is 0 Å². The van der Waals surface area contributed by atoms with Gasteiger partial charge in [-0.05, 0) is 12.5 Å². The Bertz CT molecular complexity index is 768. The van der Waals surface area contributed by atoms with E-state index < -0.39 is 35.5 Å². The Labute approximate surface area is 148 Å². The number of halogens is 3. The number of ether oxygens (including phenoxy) is 2. The maximum absolute atomic E-state index is 13.4. The van der Waals surface area contributed by atoms with Gasteiger partial charge in [0.2, 0.25) is 0 Å². The Morgan fingerprint density at radius 3 is 2.46 bits per heavy atom. The van der Waals surface area contributed by atoms with Crippen LogP contribution in [0.25, 0.3) is 0 Å². The maximum Gasteiger partial charge on any atom is 0.420 e. The zero-order valence-corrected chi connectivity index (χ0v) is 14.4. The molecule has 0 saturated heterocycles. The van der Waals surface area contributed by atoms with Gasteiger partial charge in [0.1, 0.15) is 11.7 Å². The molecule has 1 aliphatic carbocycles. The van der Waals surface area contributed by atoms with Crippen LogP contribution in [0.2, 0.25) is 0 Å². The van der Waals surface area contributed by atoms with E-state index in [2.05, 4.69) is 5.10 Å². The molecular formula is C18H19F3N2O3. The average Bonchev–Trinajstić information content (AvgIpc) is 3.03. The maximum atomic E-state index is 13.4. The first kappa shape index (κ1) is 18.4. The summed E-state index contributed by atoms with van der Waals surface area (Å²) in [4.78, 5) is 12.5. The largest absolute Gasteiger partial charge is 0.457 e. The van der Waals surface area contributed by atoms with E-state index in [0.717, 1.165) is 10.2 Å². The van der Waals surface area contributed by atoms with Crippen molar-refractivity contribution in [2.45, 2.75) is 44.2 Å². The van der Waals surface area contributed by atoms with Gasteiger partial charge >= 0.3 is 12.1 Å². The Morgan fingerprint density at radius 1 is 1.23 bits per heavy atom. The SMILES string of the molecule is COC1CC(OC(=O)c2c(C(F)(F)F)cnn2[C@H](C)c2ccccc2)C1. The summed E-state index contributed by atoms with van der Waals surface area (Å²) in [6.45, 7) is 1.68. The van der Waals surface area contributed by atoms with Crippen molar-refractivity contribution in [1.29, 1.82) is 0 Å². The number of esters is 1. The number of methoxy groups -OCH3 is 1. The summed E-state index contributed by atoms with van der Waals surface area (Å²) < 4.78 is 51.5. The highest BCUT2D eigenvalue weighted by atomic mass is 19.4. The first-order valence-electron chi connectivity index (χ1n) is 8.24. The van der Waals surface area contributed by atoms with Crippen LogP contribution in [0.3, 0.4) is 0 Å². The van der Waals surface area contributed by atoms with Gasteiger partial charge in [0, 0.05) is 20.0 Å². The first-order chi connectivity index (χ1) is 12.3. The minimum absolute atomic E-state index is 0.0250. The van der Waals surface area contributed by atoms with Gasteiger partial charge < -0.3 is 9.47 Å². The van der Waals surface area contributed by atoms with Crippen LogP contribution in [0.4, 0.5) is 13.2 Å². The molecule has 1 fully saturated rings. The van der Waals surface area contributed by atoms with Gasteiger partial charge in [-0.3, -0.25) is 4.68 Å². The molecule has 5 nitrogen and oxygen atoms in total. The predicted octanol–water partition coefficient (Wildman–Crippen LogP) is 3.85. The zero-order chi connectivity index (χ0) is 18.9. The molecule has 1 aliphatic rings. The molecule has 8 heteroatoms. The summed E-state index contributed by atoms with van der Waals surface area (Å²) in [5, 5.41) is 3.83. The molecule has 1 atom stereocenters. The Balaban J connectivity index is 1.91. The van der Waals surface area contributed by atoms with Crippen molar-refractivity contribution < 1.29 is 27.4 Å². The van der Waals surface area contributed by atoms with Gasteiger partial charge in [0.25, 0.3) is 0 Å². The summed E-state index contributed by atoms with van der Waals surface area (Å²) in [5.41, 5.74) is -0.927. The number of carbonyl (C=O) groups is 1. The molecule has 2 aromatic rings. The normalized spacial score (nSPS) is 21.1. The molecule has 1 saturated carbocycles. The van der Waals surface area contributed by atoms with Gasteiger partial charge in [-0.25, -0.2) is 4.79 Å². The second-order valence-corrected chi connectivity index (χ2v) is 6.29. The number of hydrogen-bond donors (Lipinski definition) is 0. The number of carbonyl (C=O) groups excluding carboxylic acids is 1. The highest BCUT2D eigenvalue weighted by Crippen LogP contribution is 2.35. The number of rotatable bonds is 5. The van der Waals surface area contributed by atoms with Crippen molar-refractivity contribution in [3.8, 4) is 0 Å². The van der Waals surface area contributed by atoms with Crippen molar-refractivity contribution in [2.75, 3.05) is 7.11 Å². The number of nitrogens with zero attached hydrogens (tertiary/aromatic N) is 2. The lowest BCUT2D eigenvalue weighted by Gasteiger charge is -2.33. The Hall–Kier alpha value is -2.35. The van der Waals surface area contributed by atoms with Crippen LogP contribution < -0.4 is 0 Å². The Morgan fingerprint density at radius 2 is 1.88 bits per heavy atom. The van der Waals surface area contributed by atoms with Gasteiger partial charge in [-0.1, -0.05) is 30.3 Å². The summed E-state index contributed by atoms with van der Waals surface area (Å²) in [6, 6.07) is 8.34. The van der Waals surface area contributed by atoms with Crippen LogP contribution >= 0.6 is 0 Å². The fraction of sp³-hybridized carbons (Fsp3) is 0.444. The molecule has 140 valence electrons. The lowest BCUT2D eigenvalue weighted by molar-refractivity contribution is -0.138. The van der Waals surface area contributed by atoms with E-state index >= 15 is 0 Å². The predicted molar refractivity (Wildman–Crippen MR) is 86.7 cm³/mol. The van der Waals surface area contributed by atoms with Crippen LogP contribution in [-0.2, 0) is 15.7 Å². The van der Waals surface area contributed by atoms with Gasteiger partial charge in [0.05, 0.1) is 18.3 Å². The molecule has 1 aromatic heterocycles. The average molecular weight is 368 g/mol. The van der Waals surface area contributed by atoms with E-state index in [1.54, 1.807) is 44.4 Å². The molecule has 0 spiro atoms. The van der Waals surface area contributed by atoms with Gasteiger partial charge in [-0.2, -0.15) is 18.3 Å². The van der Waals surface area contributed by atoms with Crippen LogP contribution in [-0.4, -0.2) is 35.1 Å². The molecule has 0 radical (unpaired) electrons. The highest BCUT2D eigenvalue weighted by molar-refractivity contribution is 5.89. The number of aromatic nitrogens is 2. The number of benzene rings is 1. The van der Waals surface area contributed by atoms with Crippen LogP contribution in [0.1, 0.15) is 47.4 Å². The molecule has 3 rings (SSSR count). The quantitative estimate of drug-likeness (QED) is 0.753. The minimum atomic E-state index is -4.70. The third kappa shape index (κ3) is 3.60. The standard InChI is InChI=1S/C18H19F3N2O3/c1-11(12-6-4-3-5-7-12)23-16(15(10-22-23)18(19,20)21)17(24)26-14-8-13(9-14)25-2/h3-7,10-11,13-14H,8-9H2,1-2H3/t11-,13?,14?/m1/s1. The van der Waals surface area contributed by atoms with E-state index in [4.69, 9.17) is 9.47 Å². The van der Waals surface area contributed by atoms with Crippen LogP contribution in [0.15, 0.2) is 36.5 Å². The molecule has 26 heavy (non-hydrogen) atoms. The summed E-state index contributed by atoms with van der Waals surface area (Å²) in [6.07, 6.45) is -3.53. The van der Waals surface area contributed by atoms with E-state index in [0.29, 0.717) is 19.0 Å². The molecule has 0 aliphatic heterocycles. The molecule has 0 bridgehead atoms. The van der Waals surface area contributed by atoms with Crippen LogP contribution in [0.5, 0.6) is 0 Å². The second-order valence-electron chi connectivity index (χ2n) is 6.29. The highest BCUT2D eigenvalue weighted by Gasteiger charge is 2.41. The van der Waals surface area contributed by atoms with Crippen LogP contribution in [0, 0.1) is 0 Å². The van der Waals surface area contributed by atoms with E-state index in [9.17, 15) is 18.0 Å². The molecule has 0 amide bonds. The summed E-state index contributed by atoms with van der Waals surface area (Å²) in [5.74, 6) is -1.02. The first-order valence-corrected chi connectivity index (χ1v) is 8.24. The van der Waals surface area contributed by atoms with Gasteiger partial charge in [0.15, 0.2) is 5.69 Å². The molecule has 0 unspecified atom stereocenters. The molecule has 0 N–H and O–H groups in total. The van der Waals surface area contributed by atoms with Crippen molar-refractivity contribution >= 4 is 5.97 Å². The van der Waals surface area contributed by atoms with E-state index in [-0.39, 0.29) is 6.10 Å². The molecule has 1 aromatic carbocycles. The monoisotopic (exact) mass is 368 g/mol. The third-order valence-electron chi connectivity index (χ3n) is 4.60. The summed E-state index contributed by atoms with van der Waals surface area (Å²) in [7, 11) is 1.54. The fourth-order valence-corrected chi connectivity index (χ4v) is 2.95. The van der Waals surface area contributed by atoms with Crippen molar-refractivity contribution in [1.82, 2.24) is 9.78 Å². The zero-order valence-electron chi connectivity index (χ0n) is 14.4. The molecular weight excluding hydrogens is 349 g/mol. The smallest absolute Gasteiger partial charge is 0.420 e. The Kier molecular flexibility index (Phi) is 5.04. The number of alkyl halides is 3. The summed E-state index contributed by atoms with van der Waals surface area (Å²) >= 11 is 0. The lowest BCUT2D eigenvalue weighted by atomic mass is 9.92. The second kappa shape index (κ2) is 7.11. The topological polar surface area (TPSA) is 53.4 Å². The number of hydrogen-bond acceptors (Lipinski definition) is 4. The van der Waals surface area contributed by atoms with Gasteiger partial charge in [-0.15, -0.1) is 0 Å². The van der Waals surface area contributed by atoms with Crippen molar-refractivity contribution in [2.24, 2.45) is 0 Å². The lowest BCUT2D eigenvalue weighted by Crippen LogP contribution is -2.39. The molecule has 1 heterocycles. The van der Waals surface area contributed by atoms with Crippen molar-refractivity contribution in [3.63, 3.8) is 0 Å². The van der Waals surface area contributed by atoms with E-state index in [1.807, 2.05) is 0 Å².